The summed E-state index contributed by atoms with van der Waals surface area (Å²) >= 11 is 0. The van der Waals surface area contributed by atoms with Gasteiger partial charge in [-0.15, -0.1) is 0 Å². The van der Waals surface area contributed by atoms with E-state index >= 15 is 0 Å². The van der Waals surface area contributed by atoms with Gasteiger partial charge in [-0.3, -0.25) is 9.69 Å². The van der Waals surface area contributed by atoms with Gasteiger partial charge in [-0.2, -0.15) is 0 Å². The number of carbonyl (C=O) groups is 1. The van der Waals surface area contributed by atoms with Crippen LogP contribution in [0, 0.1) is 5.82 Å². The number of carbonyl (C=O) groups excluding carboxylic acids is 1. The van der Waals surface area contributed by atoms with Crippen LogP contribution in [-0.2, 0) is 17.8 Å². The number of hydrogen-bond donors (Lipinski definition) is 0. The average Bonchev–Trinajstić information content (AvgIpc) is 2.78. The number of rotatable bonds is 6. The number of fused-ring (bicyclic) bond motifs is 1. The van der Waals surface area contributed by atoms with E-state index in [1.54, 1.807) is 11.0 Å². The van der Waals surface area contributed by atoms with Crippen molar-refractivity contribution in [2.75, 3.05) is 32.8 Å². The fourth-order valence-corrected chi connectivity index (χ4v) is 3.79. The number of ether oxygens (including phenoxy) is 1. The predicted molar refractivity (Wildman–Crippen MR) is 116 cm³/mol. The molecule has 6 nitrogen and oxygen atoms in total. The van der Waals surface area contributed by atoms with Crippen LogP contribution in [0.4, 0.5) is 4.39 Å². The Labute approximate surface area is 179 Å². The number of nitrogens with zero attached hydrogens (tertiary/aromatic N) is 2. The Morgan fingerprint density at radius 1 is 1.06 bits per heavy atom. The molecule has 1 amide bonds. The maximum absolute atomic E-state index is 13.0. The van der Waals surface area contributed by atoms with E-state index in [0.717, 1.165) is 22.9 Å². The highest BCUT2D eigenvalue weighted by atomic mass is 19.1. The maximum atomic E-state index is 13.0. The molecule has 31 heavy (non-hydrogen) atoms. The quantitative estimate of drug-likeness (QED) is 0.569. The molecule has 0 N–H and O–H groups in total. The lowest BCUT2D eigenvalue weighted by Crippen LogP contribution is -2.49. The van der Waals surface area contributed by atoms with Crippen molar-refractivity contribution in [3.05, 3.63) is 75.9 Å². The Bertz CT molecular complexity index is 1120. The summed E-state index contributed by atoms with van der Waals surface area (Å²) in [6, 6.07) is 13.2. The van der Waals surface area contributed by atoms with Crippen molar-refractivity contribution in [3.63, 3.8) is 0 Å². The minimum Gasteiger partial charge on any atom is -0.484 e. The van der Waals surface area contributed by atoms with Crippen molar-refractivity contribution >= 4 is 16.9 Å². The molecule has 0 atom stereocenters. The number of benzene rings is 2. The average molecular weight is 424 g/mol. The smallest absolute Gasteiger partial charge is 0.336 e. The van der Waals surface area contributed by atoms with Gasteiger partial charge in [-0.25, -0.2) is 9.18 Å². The Hall–Kier alpha value is -3.19. The predicted octanol–water partition coefficient (Wildman–Crippen LogP) is 3.22. The van der Waals surface area contributed by atoms with E-state index in [2.05, 4.69) is 17.9 Å². The van der Waals surface area contributed by atoms with Gasteiger partial charge in [0.05, 0.1) is 0 Å². The van der Waals surface area contributed by atoms with Gasteiger partial charge >= 0.3 is 5.63 Å². The van der Waals surface area contributed by atoms with Crippen molar-refractivity contribution in [2.45, 2.75) is 19.9 Å². The second-order valence-corrected chi connectivity index (χ2v) is 7.67. The molecule has 3 aromatic rings. The Kier molecular flexibility index (Phi) is 6.32. The molecule has 1 aromatic heterocycles. The monoisotopic (exact) mass is 424 g/mol. The van der Waals surface area contributed by atoms with Gasteiger partial charge in [0.15, 0.2) is 6.61 Å². The molecular formula is C24H25FN2O4. The zero-order chi connectivity index (χ0) is 21.8. The molecule has 1 aliphatic rings. The van der Waals surface area contributed by atoms with Crippen molar-refractivity contribution in [2.24, 2.45) is 0 Å². The second-order valence-electron chi connectivity index (χ2n) is 7.67. The molecule has 0 saturated carbocycles. The lowest BCUT2D eigenvalue weighted by molar-refractivity contribution is -0.135. The first-order chi connectivity index (χ1) is 15.0. The number of aryl methyl sites for hydroxylation is 1. The highest BCUT2D eigenvalue weighted by Gasteiger charge is 2.22. The molecule has 7 heteroatoms. The van der Waals surface area contributed by atoms with E-state index in [4.69, 9.17) is 9.15 Å². The molecule has 0 spiro atoms. The Morgan fingerprint density at radius 2 is 1.81 bits per heavy atom. The van der Waals surface area contributed by atoms with Crippen LogP contribution in [0.2, 0.25) is 0 Å². The summed E-state index contributed by atoms with van der Waals surface area (Å²) in [5.74, 6) is 0.0286. The highest BCUT2D eigenvalue weighted by molar-refractivity contribution is 5.81. The molecule has 0 aliphatic carbocycles. The zero-order valence-electron chi connectivity index (χ0n) is 17.5. The number of piperazine rings is 1. The third kappa shape index (κ3) is 5.11. The third-order valence-corrected chi connectivity index (χ3v) is 5.60. The topological polar surface area (TPSA) is 63.0 Å². The molecule has 0 radical (unpaired) electrons. The molecule has 4 rings (SSSR count). The van der Waals surface area contributed by atoms with Crippen molar-refractivity contribution in [1.82, 2.24) is 9.80 Å². The molecular weight excluding hydrogens is 399 g/mol. The highest BCUT2D eigenvalue weighted by Crippen LogP contribution is 2.21. The maximum Gasteiger partial charge on any atom is 0.336 e. The van der Waals surface area contributed by atoms with Crippen molar-refractivity contribution < 1.29 is 18.3 Å². The van der Waals surface area contributed by atoms with Crippen LogP contribution < -0.4 is 10.4 Å². The lowest BCUT2D eigenvalue weighted by Gasteiger charge is -2.34. The summed E-state index contributed by atoms with van der Waals surface area (Å²) in [5.41, 5.74) is 2.34. The van der Waals surface area contributed by atoms with Gasteiger partial charge < -0.3 is 14.1 Å². The van der Waals surface area contributed by atoms with E-state index < -0.39 is 0 Å². The lowest BCUT2D eigenvalue weighted by atomic mass is 10.1. The van der Waals surface area contributed by atoms with E-state index in [1.165, 1.54) is 24.3 Å². The standard InChI is InChI=1S/C24H25FN2O4/c1-2-17-3-8-21-18(14-24(29)31-22(21)13-17)15-26-9-11-27(12-10-26)23(28)16-30-20-6-4-19(25)5-7-20/h3-8,13-14H,2,9-12,15-16H2,1H3. The normalized spacial score (nSPS) is 14.7. The fraction of sp³-hybridized carbons (Fsp3) is 0.333. The second kappa shape index (κ2) is 9.31. The van der Waals surface area contributed by atoms with Gasteiger partial charge in [0.1, 0.15) is 17.1 Å². The molecule has 2 aromatic carbocycles. The Balaban J connectivity index is 1.34. The van der Waals surface area contributed by atoms with E-state index in [0.29, 0.717) is 44.1 Å². The number of amides is 1. The van der Waals surface area contributed by atoms with Crippen LogP contribution in [0.3, 0.4) is 0 Å². The first kappa shape index (κ1) is 21.1. The van der Waals surface area contributed by atoms with Crippen molar-refractivity contribution in [1.29, 1.82) is 0 Å². The summed E-state index contributed by atoms with van der Waals surface area (Å²) < 4.78 is 23.8. The summed E-state index contributed by atoms with van der Waals surface area (Å²) in [6.45, 7) is 5.20. The molecule has 1 fully saturated rings. The Morgan fingerprint density at radius 3 is 2.52 bits per heavy atom. The van der Waals surface area contributed by atoms with E-state index in [1.807, 2.05) is 12.1 Å². The van der Waals surface area contributed by atoms with Crippen LogP contribution in [0.15, 0.2) is 57.7 Å². The third-order valence-electron chi connectivity index (χ3n) is 5.60. The molecule has 1 saturated heterocycles. The summed E-state index contributed by atoms with van der Waals surface area (Å²) in [4.78, 5) is 28.5. The molecule has 0 bridgehead atoms. The number of hydrogen-bond acceptors (Lipinski definition) is 5. The molecule has 162 valence electrons. The summed E-state index contributed by atoms with van der Waals surface area (Å²) in [6.07, 6.45) is 0.880. The first-order valence-corrected chi connectivity index (χ1v) is 10.5. The number of halogens is 1. The van der Waals surface area contributed by atoms with Gasteiger partial charge in [0.25, 0.3) is 5.91 Å². The van der Waals surface area contributed by atoms with Crippen LogP contribution >= 0.6 is 0 Å². The van der Waals surface area contributed by atoms with E-state index in [9.17, 15) is 14.0 Å². The zero-order valence-corrected chi connectivity index (χ0v) is 17.5. The minimum atomic E-state index is -0.345. The molecule has 2 heterocycles. The molecule has 1 aliphatic heterocycles. The van der Waals surface area contributed by atoms with Gasteiger partial charge in [0.2, 0.25) is 0 Å². The van der Waals surface area contributed by atoms with Gasteiger partial charge in [-0.1, -0.05) is 19.1 Å². The van der Waals surface area contributed by atoms with Crippen LogP contribution in [0.5, 0.6) is 5.75 Å². The SMILES string of the molecule is CCc1ccc2c(CN3CCN(C(=O)COc4ccc(F)cc4)CC3)cc(=O)oc2c1. The largest absolute Gasteiger partial charge is 0.484 e. The van der Waals surface area contributed by atoms with Gasteiger partial charge in [-0.05, 0) is 47.9 Å². The van der Waals surface area contributed by atoms with Gasteiger partial charge in [0, 0.05) is 44.2 Å². The minimum absolute atomic E-state index is 0.0736. The molecule has 0 unspecified atom stereocenters. The van der Waals surface area contributed by atoms with E-state index in [-0.39, 0.29) is 24.0 Å². The van der Waals surface area contributed by atoms with Crippen LogP contribution in [0.1, 0.15) is 18.1 Å². The summed E-state index contributed by atoms with van der Waals surface area (Å²) in [7, 11) is 0. The van der Waals surface area contributed by atoms with Crippen molar-refractivity contribution in [3.8, 4) is 5.75 Å². The van der Waals surface area contributed by atoms with Crippen LogP contribution in [-0.4, -0.2) is 48.5 Å². The first-order valence-electron chi connectivity index (χ1n) is 10.5. The fourth-order valence-electron chi connectivity index (χ4n) is 3.79. The summed E-state index contributed by atoms with van der Waals surface area (Å²) in [5, 5.41) is 0.947. The van der Waals surface area contributed by atoms with Crippen LogP contribution in [0.25, 0.3) is 11.0 Å².